The van der Waals surface area contributed by atoms with Gasteiger partial charge in [-0.1, -0.05) is 23.7 Å². The van der Waals surface area contributed by atoms with Crippen molar-refractivity contribution in [1.82, 2.24) is 5.32 Å². The quantitative estimate of drug-likeness (QED) is 0.844. The number of halogens is 1. The smallest absolute Gasteiger partial charge is 0.240 e. The molecule has 0 radical (unpaired) electrons. The van der Waals surface area contributed by atoms with Crippen molar-refractivity contribution in [2.24, 2.45) is 0 Å². The zero-order chi connectivity index (χ0) is 18.5. The van der Waals surface area contributed by atoms with E-state index >= 15 is 0 Å². The highest BCUT2D eigenvalue weighted by Crippen LogP contribution is 2.35. The van der Waals surface area contributed by atoms with Crippen LogP contribution in [0.1, 0.15) is 12.5 Å². The second-order valence-electron chi connectivity index (χ2n) is 5.87. The SMILES string of the molecule is CC(=O)N(CC(=O)NCCc1ccc(Cl)cc1)c1ccc2c(c1)OCO2. The molecule has 0 bridgehead atoms. The van der Waals surface area contributed by atoms with E-state index in [1.807, 2.05) is 24.3 Å². The van der Waals surface area contributed by atoms with Crippen LogP contribution in [0.4, 0.5) is 5.69 Å². The summed E-state index contributed by atoms with van der Waals surface area (Å²) in [5.41, 5.74) is 1.67. The molecule has 2 aromatic carbocycles. The fourth-order valence-corrected chi connectivity index (χ4v) is 2.76. The minimum absolute atomic E-state index is 0.0599. The predicted octanol–water partition coefficient (Wildman–Crippen LogP) is 2.78. The van der Waals surface area contributed by atoms with Crippen LogP contribution in [0.3, 0.4) is 0 Å². The number of nitrogens with zero attached hydrogens (tertiary/aromatic N) is 1. The van der Waals surface area contributed by atoms with Crippen LogP contribution in [0.25, 0.3) is 0 Å². The highest BCUT2D eigenvalue weighted by Gasteiger charge is 2.20. The lowest BCUT2D eigenvalue weighted by Gasteiger charge is -2.21. The summed E-state index contributed by atoms with van der Waals surface area (Å²) in [7, 11) is 0. The molecule has 3 rings (SSSR count). The Morgan fingerprint density at radius 2 is 1.85 bits per heavy atom. The van der Waals surface area contributed by atoms with Crippen molar-refractivity contribution >= 4 is 29.1 Å². The first-order chi connectivity index (χ1) is 12.5. The van der Waals surface area contributed by atoms with Crippen molar-refractivity contribution in [3.63, 3.8) is 0 Å². The van der Waals surface area contributed by atoms with Crippen molar-refractivity contribution in [2.45, 2.75) is 13.3 Å². The van der Waals surface area contributed by atoms with Gasteiger partial charge < -0.3 is 19.7 Å². The van der Waals surface area contributed by atoms with Crippen molar-refractivity contribution in [2.75, 3.05) is 24.8 Å². The van der Waals surface area contributed by atoms with E-state index in [0.717, 1.165) is 5.56 Å². The number of carbonyl (C=O) groups excluding carboxylic acids is 2. The van der Waals surface area contributed by atoms with Crippen molar-refractivity contribution in [3.8, 4) is 11.5 Å². The van der Waals surface area contributed by atoms with Gasteiger partial charge in [0.1, 0.15) is 6.54 Å². The topological polar surface area (TPSA) is 67.9 Å². The molecule has 0 unspecified atom stereocenters. The molecule has 26 heavy (non-hydrogen) atoms. The van der Waals surface area contributed by atoms with Gasteiger partial charge in [-0.2, -0.15) is 0 Å². The van der Waals surface area contributed by atoms with Crippen molar-refractivity contribution in [3.05, 3.63) is 53.1 Å². The van der Waals surface area contributed by atoms with Crippen LogP contribution in [-0.2, 0) is 16.0 Å². The minimum atomic E-state index is -0.230. The maximum absolute atomic E-state index is 12.2. The van der Waals surface area contributed by atoms with E-state index < -0.39 is 0 Å². The Bertz CT molecular complexity index is 808. The summed E-state index contributed by atoms with van der Waals surface area (Å²) in [6.07, 6.45) is 0.688. The molecule has 0 atom stereocenters. The highest BCUT2D eigenvalue weighted by atomic mass is 35.5. The summed E-state index contributed by atoms with van der Waals surface area (Å²) in [5, 5.41) is 3.51. The maximum atomic E-state index is 12.2. The molecule has 0 spiro atoms. The predicted molar refractivity (Wildman–Crippen MR) is 98.8 cm³/mol. The van der Waals surface area contributed by atoms with Gasteiger partial charge in [-0.25, -0.2) is 0 Å². The van der Waals surface area contributed by atoms with Crippen LogP contribution in [0.15, 0.2) is 42.5 Å². The van der Waals surface area contributed by atoms with Crippen LogP contribution in [-0.4, -0.2) is 31.7 Å². The van der Waals surface area contributed by atoms with E-state index in [4.69, 9.17) is 21.1 Å². The highest BCUT2D eigenvalue weighted by molar-refractivity contribution is 6.30. The molecule has 1 N–H and O–H groups in total. The molecule has 1 aliphatic heterocycles. The molecule has 0 saturated heterocycles. The summed E-state index contributed by atoms with van der Waals surface area (Å²) in [6, 6.07) is 12.6. The fourth-order valence-electron chi connectivity index (χ4n) is 2.63. The number of hydrogen-bond donors (Lipinski definition) is 1. The molecule has 2 aromatic rings. The minimum Gasteiger partial charge on any atom is -0.454 e. The van der Waals surface area contributed by atoms with Gasteiger partial charge in [0.05, 0.1) is 0 Å². The molecular formula is C19H19ClN2O4. The third-order valence-corrected chi connectivity index (χ3v) is 4.25. The van der Waals surface area contributed by atoms with E-state index in [2.05, 4.69) is 5.32 Å². The standard InChI is InChI=1S/C19H19ClN2O4/c1-13(23)22(16-6-7-17-18(10-16)26-12-25-17)11-19(24)21-9-8-14-2-4-15(20)5-3-14/h2-7,10H,8-9,11-12H2,1H3,(H,21,24). The van der Waals surface area contributed by atoms with Gasteiger partial charge in [-0.3, -0.25) is 9.59 Å². The molecule has 2 amide bonds. The Morgan fingerprint density at radius 1 is 1.12 bits per heavy atom. The number of benzene rings is 2. The molecule has 0 aliphatic carbocycles. The van der Waals surface area contributed by atoms with Crippen LogP contribution < -0.4 is 19.7 Å². The van der Waals surface area contributed by atoms with E-state index in [-0.39, 0.29) is 25.2 Å². The number of fused-ring (bicyclic) bond motifs is 1. The number of amides is 2. The Labute approximate surface area is 156 Å². The summed E-state index contributed by atoms with van der Waals surface area (Å²) in [5.74, 6) is 0.741. The summed E-state index contributed by atoms with van der Waals surface area (Å²) >= 11 is 5.85. The maximum Gasteiger partial charge on any atom is 0.240 e. The second-order valence-corrected chi connectivity index (χ2v) is 6.31. The lowest BCUT2D eigenvalue weighted by atomic mass is 10.1. The third-order valence-electron chi connectivity index (χ3n) is 4.00. The Morgan fingerprint density at radius 3 is 2.58 bits per heavy atom. The fraction of sp³-hybridized carbons (Fsp3) is 0.263. The van der Waals surface area contributed by atoms with Gasteiger partial charge in [0.15, 0.2) is 11.5 Å². The summed E-state index contributed by atoms with van der Waals surface area (Å²) < 4.78 is 10.6. The largest absolute Gasteiger partial charge is 0.454 e. The van der Waals surface area contributed by atoms with Crippen LogP contribution >= 0.6 is 11.6 Å². The van der Waals surface area contributed by atoms with Gasteiger partial charge in [-0.05, 0) is 36.2 Å². The Kier molecular flexibility index (Phi) is 5.63. The molecule has 136 valence electrons. The van der Waals surface area contributed by atoms with Crippen LogP contribution in [0.5, 0.6) is 11.5 Å². The van der Waals surface area contributed by atoms with E-state index in [1.54, 1.807) is 18.2 Å². The molecule has 0 saturated carbocycles. The number of nitrogens with one attached hydrogen (secondary N) is 1. The normalized spacial score (nSPS) is 11.9. The number of hydrogen-bond acceptors (Lipinski definition) is 4. The second kappa shape index (κ2) is 8.10. The first kappa shape index (κ1) is 18.1. The van der Waals surface area contributed by atoms with E-state index in [9.17, 15) is 9.59 Å². The zero-order valence-corrected chi connectivity index (χ0v) is 15.1. The monoisotopic (exact) mass is 374 g/mol. The zero-order valence-electron chi connectivity index (χ0n) is 14.3. The van der Waals surface area contributed by atoms with Gasteiger partial charge in [-0.15, -0.1) is 0 Å². The summed E-state index contributed by atoms with van der Waals surface area (Å²) in [6.45, 7) is 2.00. The summed E-state index contributed by atoms with van der Waals surface area (Å²) in [4.78, 5) is 25.6. The average molecular weight is 375 g/mol. The third kappa shape index (κ3) is 4.46. The Hall–Kier alpha value is -2.73. The van der Waals surface area contributed by atoms with Gasteiger partial charge in [0, 0.05) is 30.2 Å². The number of ether oxygens (including phenoxy) is 2. The van der Waals surface area contributed by atoms with Gasteiger partial charge >= 0.3 is 0 Å². The molecular weight excluding hydrogens is 356 g/mol. The van der Waals surface area contributed by atoms with Crippen LogP contribution in [0.2, 0.25) is 5.02 Å². The van der Waals surface area contributed by atoms with Crippen LogP contribution in [0, 0.1) is 0 Å². The van der Waals surface area contributed by atoms with E-state index in [0.29, 0.717) is 35.2 Å². The molecule has 0 fully saturated rings. The molecule has 6 nitrogen and oxygen atoms in total. The van der Waals surface area contributed by atoms with Crippen molar-refractivity contribution < 1.29 is 19.1 Å². The number of rotatable bonds is 6. The first-order valence-corrected chi connectivity index (χ1v) is 8.59. The molecule has 0 aromatic heterocycles. The van der Waals surface area contributed by atoms with Gasteiger partial charge in [0.2, 0.25) is 18.6 Å². The van der Waals surface area contributed by atoms with Crippen molar-refractivity contribution in [1.29, 1.82) is 0 Å². The number of anilines is 1. The molecule has 7 heteroatoms. The lowest BCUT2D eigenvalue weighted by molar-refractivity contribution is -0.123. The lowest BCUT2D eigenvalue weighted by Crippen LogP contribution is -2.40. The molecule has 1 heterocycles. The van der Waals surface area contributed by atoms with Gasteiger partial charge in [0.25, 0.3) is 0 Å². The molecule has 1 aliphatic rings. The average Bonchev–Trinajstić information content (AvgIpc) is 3.09. The van der Waals surface area contributed by atoms with E-state index in [1.165, 1.54) is 11.8 Å². The number of carbonyl (C=O) groups is 2. The first-order valence-electron chi connectivity index (χ1n) is 8.22. The Balaban J connectivity index is 1.56.